The lowest BCUT2D eigenvalue weighted by atomic mass is 10.2. The van der Waals surface area contributed by atoms with Crippen LogP contribution in [0.1, 0.15) is 6.42 Å². The summed E-state index contributed by atoms with van der Waals surface area (Å²) in [5.41, 5.74) is 0.880. The molecule has 5 rings (SSSR count). The summed E-state index contributed by atoms with van der Waals surface area (Å²) in [6, 6.07) is 13.4. The molecule has 1 fully saturated rings. The van der Waals surface area contributed by atoms with Crippen molar-refractivity contribution in [1.29, 1.82) is 0 Å². The Morgan fingerprint density at radius 3 is 2.79 bits per heavy atom. The third-order valence-electron chi connectivity index (χ3n) is 5.58. The maximum Gasteiger partial charge on any atom is 0.273 e. The van der Waals surface area contributed by atoms with Crippen LogP contribution in [0, 0.1) is 0 Å². The third kappa shape index (κ3) is 5.60. The molecule has 0 N–H and O–H groups in total. The number of hydrogen-bond donors (Lipinski definition) is 0. The second-order valence-corrected chi connectivity index (χ2v) is 9.69. The van der Waals surface area contributed by atoms with Crippen molar-refractivity contribution in [2.24, 2.45) is 0 Å². The number of nitrogens with zero attached hydrogens (tertiary/aromatic N) is 3. The van der Waals surface area contributed by atoms with Gasteiger partial charge >= 0.3 is 0 Å². The quantitative estimate of drug-likeness (QED) is 0.451. The molecule has 0 spiro atoms. The molecule has 2 aromatic carbocycles. The molecular weight excluding hydrogens is 530 g/mol. The Balaban J connectivity index is 0.00000259. The van der Waals surface area contributed by atoms with E-state index in [4.69, 9.17) is 19.2 Å². The maximum atomic E-state index is 13.6. The smallest absolute Gasteiger partial charge is 0.273 e. The van der Waals surface area contributed by atoms with E-state index in [9.17, 15) is 4.79 Å². The Bertz CT molecular complexity index is 1110. The molecule has 0 bridgehead atoms. The van der Waals surface area contributed by atoms with E-state index in [1.54, 1.807) is 4.90 Å². The first-order valence-electron chi connectivity index (χ1n) is 10.7. The second-order valence-electron chi connectivity index (χ2n) is 7.77. The predicted octanol–water partition coefficient (Wildman–Crippen LogP) is 4.38. The number of benzene rings is 2. The monoisotopic (exact) mass is 553 g/mol. The van der Waals surface area contributed by atoms with Crippen molar-refractivity contribution in [2.45, 2.75) is 12.5 Å². The molecule has 1 atom stereocenters. The number of ether oxygens (including phenoxy) is 3. The predicted molar refractivity (Wildman–Crippen MR) is 135 cm³/mol. The number of amides is 1. The summed E-state index contributed by atoms with van der Waals surface area (Å²) in [6.07, 6.45) is 0.141. The Morgan fingerprint density at radius 2 is 1.97 bits per heavy atom. The van der Waals surface area contributed by atoms with Crippen LogP contribution in [-0.2, 0) is 9.53 Å². The molecule has 1 aromatic heterocycles. The summed E-state index contributed by atoms with van der Waals surface area (Å²) < 4.78 is 19.3. The van der Waals surface area contributed by atoms with Gasteiger partial charge < -0.3 is 14.2 Å². The Morgan fingerprint density at radius 1 is 1.18 bits per heavy atom. The lowest BCUT2D eigenvalue weighted by Crippen LogP contribution is -2.47. The molecule has 0 aliphatic carbocycles. The van der Waals surface area contributed by atoms with Crippen molar-refractivity contribution in [3.05, 3.63) is 46.9 Å². The summed E-state index contributed by atoms with van der Waals surface area (Å²) in [5.74, 6) is 1.14. The molecular formula is C23H25BrClN3O4S. The number of morpholine rings is 1. The van der Waals surface area contributed by atoms with E-state index >= 15 is 0 Å². The largest absolute Gasteiger partial charge is 0.485 e. The maximum absolute atomic E-state index is 13.6. The number of thiazole rings is 1. The molecule has 176 valence electrons. The van der Waals surface area contributed by atoms with E-state index in [1.165, 1.54) is 11.3 Å². The van der Waals surface area contributed by atoms with Gasteiger partial charge in [0.05, 0.1) is 23.4 Å². The van der Waals surface area contributed by atoms with Crippen molar-refractivity contribution >= 4 is 60.9 Å². The topological polar surface area (TPSA) is 64.1 Å². The van der Waals surface area contributed by atoms with Gasteiger partial charge in [-0.2, -0.15) is 0 Å². The molecule has 1 unspecified atom stereocenters. The highest BCUT2D eigenvalue weighted by atomic mass is 79.9. The molecule has 1 saturated heterocycles. The van der Waals surface area contributed by atoms with Gasteiger partial charge in [0.15, 0.2) is 16.6 Å². The van der Waals surface area contributed by atoms with Gasteiger partial charge in [-0.3, -0.25) is 14.6 Å². The minimum absolute atomic E-state index is 0. The summed E-state index contributed by atoms with van der Waals surface area (Å²) in [5, 5.41) is 0.688. The Hall–Kier alpha value is -1.91. The van der Waals surface area contributed by atoms with E-state index < -0.39 is 6.10 Å². The number of anilines is 1. The van der Waals surface area contributed by atoms with Gasteiger partial charge in [0.2, 0.25) is 6.10 Å². The fraction of sp³-hybridized carbons (Fsp3) is 0.391. The van der Waals surface area contributed by atoms with Gasteiger partial charge in [0.1, 0.15) is 6.61 Å². The van der Waals surface area contributed by atoms with Crippen LogP contribution in [0.15, 0.2) is 46.9 Å². The zero-order valence-corrected chi connectivity index (χ0v) is 21.2. The van der Waals surface area contributed by atoms with E-state index in [0.717, 1.165) is 54.0 Å². The molecule has 10 heteroatoms. The number of rotatable bonds is 6. The Kier molecular flexibility index (Phi) is 8.08. The second kappa shape index (κ2) is 11.0. The zero-order valence-electron chi connectivity index (χ0n) is 17.9. The average molecular weight is 555 g/mol. The van der Waals surface area contributed by atoms with Crippen LogP contribution >= 0.6 is 39.7 Å². The number of hydrogen-bond acceptors (Lipinski definition) is 7. The number of aromatic nitrogens is 1. The lowest BCUT2D eigenvalue weighted by Gasteiger charge is -2.31. The average Bonchev–Trinajstić information content (AvgIpc) is 3.24. The van der Waals surface area contributed by atoms with Crippen molar-refractivity contribution in [1.82, 2.24) is 9.88 Å². The molecule has 1 amide bonds. The first-order chi connectivity index (χ1) is 15.7. The first-order valence-corrected chi connectivity index (χ1v) is 12.3. The van der Waals surface area contributed by atoms with E-state index in [0.29, 0.717) is 23.2 Å². The molecule has 0 radical (unpaired) electrons. The zero-order chi connectivity index (χ0) is 21.9. The fourth-order valence-electron chi connectivity index (χ4n) is 3.89. The van der Waals surface area contributed by atoms with E-state index in [-0.39, 0.29) is 24.9 Å². The molecule has 3 heterocycles. The highest BCUT2D eigenvalue weighted by Gasteiger charge is 2.33. The summed E-state index contributed by atoms with van der Waals surface area (Å²) in [4.78, 5) is 22.5. The van der Waals surface area contributed by atoms with E-state index in [2.05, 4.69) is 20.8 Å². The van der Waals surface area contributed by atoms with Crippen LogP contribution in [0.25, 0.3) is 10.2 Å². The summed E-state index contributed by atoms with van der Waals surface area (Å²) in [7, 11) is 0. The molecule has 7 nitrogen and oxygen atoms in total. The van der Waals surface area contributed by atoms with E-state index in [1.807, 2.05) is 42.5 Å². The highest BCUT2D eigenvalue weighted by molar-refractivity contribution is 9.10. The van der Waals surface area contributed by atoms with Crippen molar-refractivity contribution in [2.75, 3.05) is 50.9 Å². The number of carbonyl (C=O) groups excluding carboxylic acids is 1. The van der Waals surface area contributed by atoms with Crippen molar-refractivity contribution in [3.63, 3.8) is 0 Å². The normalized spacial score (nSPS) is 18.0. The van der Waals surface area contributed by atoms with Gasteiger partial charge in [0, 0.05) is 30.7 Å². The van der Waals surface area contributed by atoms with Gasteiger partial charge in [-0.05, 0) is 36.8 Å². The van der Waals surface area contributed by atoms with Crippen LogP contribution in [0.3, 0.4) is 0 Å². The summed E-state index contributed by atoms with van der Waals surface area (Å²) >= 11 is 5.04. The van der Waals surface area contributed by atoms with Gasteiger partial charge in [-0.1, -0.05) is 39.4 Å². The first kappa shape index (κ1) is 24.2. The highest BCUT2D eigenvalue weighted by Crippen LogP contribution is 2.34. The molecule has 2 aliphatic rings. The fourth-order valence-corrected chi connectivity index (χ4v) is 5.44. The number of carbonyl (C=O) groups is 1. The summed E-state index contributed by atoms with van der Waals surface area (Å²) in [6.45, 7) is 5.06. The van der Waals surface area contributed by atoms with Crippen LogP contribution in [0.2, 0.25) is 0 Å². The van der Waals surface area contributed by atoms with Crippen LogP contribution in [-0.4, -0.2) is 67.9 Å². The van der Waals surface area contributed by atoms with Crippen molar-refractivity contribution < 1.29 is 19.0 Å². The van der Waals surface area contributed by atoms with Crippen LogP contribution < -0.4 is 14.4 Å². The van der Waals surface area contributed by atoms with Crippen LogP contribution in [0.5, 0.6) is 11.5 Å². The lowest BCUT2D eigenvalue weighted by molar-refractivity contribution is -0.127. The minimum Gasteiger partial charge on any atom is -0.485 e. The Labute approximate surface area is 211 Å². The molecule has 33 heavy (non-hydrogen) atoms. The minimum atomic E-state index is -0.702. The van der Waals surface area contributed by atoms with Gasteiger partial charge in [-0.15, -0.1) is 12.4 Å². The number of fused-ring (bicyclic) bond motifs is 2. The van der Waals surface area contributed by atoms with Gasteiger partial charge in [-0.25, -0.2) is 4.98 Å². The standard InChI is InChI=1S/C23H24BrN3O4S.ClH/c24-16-6-7-17-21(14-16)32-23(25-17)27(9-3-8-26-10-12-29-13-11-26)22(28)20-15-30-18-4-1-2-5-19(18)31-20;/h1-2,4-7,14,20H,3,8-13,15H2;1H. The molecule has 0 saturated carbocycles. The molecule has 2 aliphatic heterocycles. The number of halogens is 2. The SMILES string of the molecule is Cl.O=C(C1COc2ccccc2O1)N(CCCN1CCOCC1)c1nc2ccc(Br)cc2s1. The van der Waals surface area contributed by atoms with Crippen molar-refractivity contribution in [3.8, 4) is 11.5 Å². The third-order valence-corrected chi connectivity index (χ3v) is 7.11. The number of para-hydroxylation sites is 2. The molecule has 3 aromatic rings. The van der Waals surface area contributed by atoms with Crippen LogP contribution in [0.4, 0.5) is 5.13 Å². The van der Waals surface area contributed by atoms with Gasteiger partial charge in [0.25, 0.3) is 5.91 Å².